The first-order chi connectivity index (χ1) is 17.3. The predicted molar refractivity (Wildman–Crippen MR) is 147 cm³/mol. The lowest BCUT2D eigenvalue weighted by Gasteiger charge is -2.25. The number of nitrogens with one attached hydrogen (secondary N) is 1. The van der Waals surface area contributed by atoms with Crippen molar-refractivity contribution in [2.75, 3.05) is 51.2 Å². The molecule has 0 amide bonds. The van der Waals surface area contributed by atoms with E-state index in [1.54, 1.807) is 21.3 Å². The molecular weight excluding hydrogens is 456 g/mol. The summed E-state index contributed by atoms with van der Waals surface area (Å²) < 4.78 is 18.5. The maximum atomic E-state index is 5.99. The molecule has 0 atom stereocenters. The average Bonchev–Trinajstić information content (AvgIpc) is 3.19. The van der Waals surface area contributed by atoms with Gasteiger partial charge in [0.05, 0.1) is 21.3 Å². The average molecular weight is 499 g/mol. The smallest absolute Gasteiger partial charge is 0.209 e. The molecule has 0 aliphatic carbocycles. The minimum absolute atomic E-state index is 0.464. The van der Waals surface area contributed by atoms with E-state index in [0.717, 1.165) is 48.6 Å². The van der Waals surface area contributed by atoms with Crippen LogP contribution in [0.3, 0.4) is 0 Å². The first-order valence-electron chi connectivity index (χ1n) is 12.7. The molecule has 198 valence electrons. The maximum Gasteiger partial charge on any atom is 0.209 e. The van der Waals surface area contributed by atoms with Crippen LogP contribution in [-0.2, 0) is 6.54 Å². The summed E-state index contributed by atoms with van der Waals surface area (Å²) in [4.78, 5) is 12.3. The van der Waals surface area contributed by atoms with Crippen LogP contribution >= 0.6 is 0 Å². The normalized spacial score (nSPS) is 11.4. The van der Waals surface area contributed by atoms with Gasteiger partial charge >= 0.3 is 0 Å². The molecular formula is C27H42N6O3. The lowest BCUT2D eigenvalue weighted by atomic mass is 10.1. The number of rotatable bonds is 14. The monoisotopic (exact) mass is 498 g/mol. The Kier molecular flexibility index (Phi) is 9.64. The molecule has 0 radical (unpaired) electrons. The van der Waals surface area contributed by atoms with Crippen molar-refractivity contribution in [1.29, 1.82) is 0 Å². The van der Waals surface area contributed by atoms with E-state index in [4.69, 9.17) is 29.9 Å². The third kappa shape index (κ3) is 6.51. The van der Waals surface area contributed by atoms with Gasteiger partial charge in [-0.25, -0.2) is 9.97 Å². The van der Waals surface area contributed by atoms with E-state index in [1.165, 1.54) is 0 Å². The van der Waals surface area contributed by atoms with Crippen LogP contribution in [0.15, 0.2) is 24.3 Å². The predicted octanol–water partition coefficient (Wildman–Crippen LogP) is 5.06. The van der Waals surface area contributed by atoms with Crippen LogP contribution in [0, 0.1) is 11.8 Å². The Morgan fingerprint density at radius 1 is 0.917 bits per heavy atom. The molecule has 0 bridgehead atoms. The third-order valence-electron chi connectivity index (χ3n) is 6.13. The molecule has 1 aromatic carbocycles. The van der Waals surface area contributed by atoms with E-state index in [-0.39, 0.29) is 0 Å². The molecule has 3 rings (SSSR count). The lowest BCUT2D eigenvalue weighted by molar-refractivity contribution is 0.324. The van der Waals surface area contributed by atoms with Gasteiger partial charge in [-0.3, -0.25) is 4.57 Å². The number of anilines is 3. The summed E-state index contributed by atoms with van der Waals surface area (Å²) in [5.41, 5.74) is 8.38. The Labute approximate surface area is 214 Å². The maximum absolute atomic E-state index is 5.99. The summed E-state index contributed by atoms with van der Waals surface area (Å²) in [6.07, 6.45) is 2.24. The Morgan fingerprint density at radius 3 is 2.03 bits per heavy atom. The van der Waals surface area contributed by atoms with Crippen molar-refractivity contribution >= 4 is 28.6 Å². The Bertz CT molecular complexity index is 1090. The standard InChI is InChI=1S/C27H42N6O3/c1-18(2)10-13-32(14-11-19(3)4)24-9-8-21-26(31-24)33(15-12-28)27(30-21)29-20-16-22(34-5)25(36-7)23(17-20)35-6/h8-9,16-19H,10-15,28H2,1-7H3,(H,29,30). The lowest BCUT2D eigenvalue weighted by Crippen LogP contribution is -2.28. The van der Waals surface area contributed by atoms with Gasteiger partial charge in [-0.1, -0.05) is 27.7 Å². The number of imidazole rings is 1. The van der Waals surface area contributed by atoms with Gasteiger partial charge in [-0.2, -0.15) is 0 Å². The first kappa shape index (κ1) is 27.4. The molecule has 0 unspecified atom stereocenters. The molecule has 0 saturated carbocycles. The van der Waals surface area contributed by atoms with Gasteiger partial charge < -0.3 is 30.2 Å². The number of aromatic nitrogens is 3. The summed E-state index contributed by atoms with van der Waals surface area (Å²) in [5, 5.41) is 3.40. The fourth-order valence-electron chi connectivity index (χ4n) is 4.06. The molecule has 2 heterocycles. The molecule has 0 saturated heterocycles. The van der Waals surface area contributed by atoms with E-state index >= 15 is 0 Å². The highest BCUT2D eigenvalue weighted by Crippen LogP contribution is 2.40. The topological polar surface area (TPSA) is 99.7 Å². The van der Waals surface area contributed by atoms with Crippen molar-refractivity contribution in [1.82, 2.24) is 14.5 Å². The van der Waals surface area contributed by atoms with Gasteiger partial charge in [0.1, 0.15) is 11.3 Å². The van der Waals surface area contributed by atoms with Crippen molar-refractivity contribution in [3.8, 4) is 17.2 Å². The zero-order chi connectivity index (χ0) is 26.2. The molecule has 2 aromatic heterocycles. The van der Waals surface area contributed by atoms with Gasteiger partial charge in [0.15, 0.2) is 17.1 Å². The number of pyridine rings is 1. The molecule has 3 N–H and O–H groups in total. The van der Waals surface area contributed by atoms with E-state index in [2.05, 4.69) is 44.0 Å². The highest BCUT2D eigenvalue weighted by molar-refractivity contribution is 5.78. The highest BCUT2D eigenvalue weighted by atomic mass is 16.5. The quantitative estimate of drug-likeness (QED) is 0.318. The second kappa shape index (κ2) is 12.7. The largest absolute Gasteiger partial charge is 0.493 e. The summed E-state index contributed by atoms with van der Waals surface area (Å²) in [6, 6.07) is 7.83. The summed E-state index contributed by atoms with van der Waals surface area (Å²) in [7, 11) is 4.78. The fraction of sp³-hybridized carbons (Fsp3) is 0.556. The van der Waals surface area contributed by atoms with E-state index < -0.39 is 0 Å². The van der Waals surface area contributed by atoms with Crippen LogP contribution in [0.5, 0.6) is 17.2 Å². The highest BCUT2D eigenvalue weighted by Gasteiger charge is 2.18. The van der Waals surface area contributed by atoms with Crippen LogP contribution in [-0.4, -0.2) is 55.5 Å². The summed E-state index contributed by atoms with van der Waals surface area (Å²) >= 11 is 0. The number of ether oxygens (including phenoxy) is 3. The summed E-state index contributed by atoms with van der Waals surface area (Å²) in [5.74, 6) is 4.56. The van der Waals surface area contributed by atoms with E-state index in [9.17, 15) is 0 Å². The molecule has 36 heavy (non-hydrogen) atoms. The van der Waals surface area contributed by atoms with Crippen molar-refractivity contribution in [2.45, 2.75) is 47.1 Å². The van der Waals surface area contributed by atoms with Gasteiger partial charge in [-0.05, 0) is 36.8 Å². The fourth-order valence-corrected chi connectivity index (χ4v) is 4.06. The minimum atomic E-state index is 0.464. The van der Waals surface area contributed by atoms with Gasteiger partial charge in [0.2, 0.25) is 11.7 Å². The second-order valence-corrected chi connectivity index (χ2v) is 9.78. The number of methoxy groups -OCH3 is 3. The van der Waals surface area contributed by atoms with Gasteiger partial charge in [0, 0.05) is 44.0 Å². The SMILES string of the molecule is COc1cc(Nc2nc3ccc(N(CCC(C)C)CCC(C)C)nc3n2CCN)cc(OC)c1OC. The zero-order valence-electron chi connectivity index (χ0n) is 22.8. The molecule has 0 fully saturated rings. The van der Waals surface area contributed by atoms with Crippen molar-refractivity contribution in [2.24, 2.45) is 17.6 Å². The third-order valence-corrected chi connectivity index (χ3v) is 6.13. The number of nitrogens with two attached hydrogens (primary N) is 1. The number of nitrogens with zero attached hydrogens (tertiary/aromatic N) is 4. The number of hydrogen-bond acceptors (Lipinski definition) is 8. The molecule has 3 aromatic rings. The Hall–Kier alpha value is -3.20. The van der Waals surface area contributed by atoms with E-state index in [0.29, 0.717) is 48.1 Å². The van der Waals surface area contributed by atoms with Gasteiger partial charge in [0.25, 0.3) is 0 Å². The number of fused-ring (bicyclic) bond motifs is 1. The molecule has 9 heteroatoms. The molecule has 9 nitrogen and oxygen atoms in total. The van der Waals surface area contributed by atoms with Crippen molar-refractivity contribution in [3.05, 3.63) is 24.3 Å². The van der Waals surface area contributed by atoms with E-state index in [1.807, 2.05) is 22.8 Å². The zero-order valence-corrected chi connectivity index (χ0v) is 22.8. The number of hydrogen-bond donors (Lipinski definition) is 2. The first-order valence-corrected chi connectivity index (χ1v) is 12.7. The Morgan fingerprint density at radius 2 is 1.53 bits per heavy atom. The molecule has 0 aliphatic heterocycles. The van der Waals surface area contributed by atoms with Crippen molar-refractivity contribution < 1.29 is 14.2 Å². The van der Waals surface area contributed by atoms with Crippen LogP contribution in [0.4, 0.5) is 17.5 Å². The minimum Gasteiger partial charge on any atom is -0.493 e. The Balaban J connectivity index is 2.00. The van der Waals surface area contributed by atoms with Crippen LogP contribution in [0.25, 0.3) is 11.2 Å². The molecule has 0 spiro atoms. The number of benzene rings is 1. The van der Waals surface area contributed by atoms with Crippen LogP contribution in [0.1, 0.15) is 40.5 Å². The molecule has 0 aliphatic rings. The van der Waals surface area contributed by atoms with Crippen LogP contribution < -0.4 is 30.2 Å². The van der Waals surface area contributed by atoms with Crippen molar-refractivity contribution in [3.63, 3.8) is 0 Å². The second-order valence-electron chi connectivity index (χ2n) is 9.78. The van der Waals surface area contributed by atoms with Crippen LogP contribution in [0.2, 0.25) is 0 Å². The summed E-state index contributed by atoms with van der Waals surface area (Å²) in [6.45, 7) is 12.0. The van der Waals surface area contributed by atoms with Gasteiger partial charge in [-0.15, -0.1) is 0 Å².